The number of hydrogen-bond donors (Lipinski definition) is 3. The lowest BCUT2D eigenvalue weighted by Gasteiger charge is -2.12. The maximum absolute atomic E-state index is 12.4. The summed E-state index contributed by atoms with van der Waals surface area (Å²) in [7, 11) is 3.10. The largest absolute Gasteiger partial charge is 0.497 e. The number of ether oxygens (including phenoxy) is 2. The van der Waals surface area contributed by atoms with Gasteiger partial charge >= 0.3 is 0 Å². The van der Waals surface area contributed by atoms with E-state index in [2.05, 4.69) is 16.0 Å². The Morgan fingerprint density at radius 3 is 2.03 bits per heavy atom. The maximum Gasteiger partial charge on any atom is 0.257 e. The number of carbonyl (C=O) groups excluding carboxylic acids is 2. The van der Waals surface area contributed by atoms with Crippen LogP contribution in [-0.2, 0) is 0 Å². The van der Waals surface area contributed by atoms with Gasteiger partial charge in [0, 0.05) is 22.5 Å². The first-order valence-electron chi connectivity index (χ1n) is 9.30. The van der Waals surface area contributed by atoms with Crippen LogP contribution in [0, 0.1) is 0 Å². The summed E-state index contributed by atoms with van der Waals surface area (Å²) in [5, 5.41) is 8.51. The monoisotopic (exact) mass is 435 g/mol. The van der Waals surface area contributed by atoms with Crippen molar-refractivity contribution in [1.82, 2.24) is 5.32 Å². The number of benzene rings is 3. The molecular weight excluding hydrogens is 414 g/mol. The first-order chi connectivity index (χ1) is 15.0. The highest BCUT2D eigenvalue weighted by molar-refractivity contribution is 7.80. The van der Waals surface area contributed by atoms with Gasteiger partial charge < -0.3 is 20.1 Å². The average Bonchev–Trinajstić information content (AvgIpc) is 2.79. The van der Waals surface area contributed by atoms with Crippen molar-refractivity contribution in [2.24, 2.45) is 0 Å². The third-order valence-corrected chi connectivity index (χ3v) is 4.49. The predicted octanol–water partition coefficient (Wildman–Crippen LogP) is 4.08. The molecule has 0 fully saturated rings. The molecule has 0 atom stereocenters. The highest BCUT2D eigenvalue weighted by Gasteiger charge is 2.10. The lowest BCUT2D eigenvalue weighted by Crippen LogP contribution is -2.34. The molecule has 0 saturated heterocycles. The molecule has 2 amide bonds. The van der Waals surface area contributed by atoms with E-state index in [1.807, 2.05) is 0 Å². The van der Waals surface area contributed by atoms with Gasteiger partial charge in [0.05, 0.1) is 14.2 Å². The minimum atomic E-state index is -0.361. The van der Waals surface area contributed by atoms with E-state index in [9.17, 15) is 9.59 Å². The van der Waals surface area contributed by atoms with E-state index in [0.29, 0.717) is 34.0 Å². The van der Waals surface area contributed by atoms with Gasteiger partial charge in [-0.1, -0.05) is 12.1 Å². The van der Waals surface area contributed by atoms with E-state index >= 15 is 0 Å². The minimum Gasteiger partial charge on any atom is -0.497 e. The number of rotatable bonds is 6. The van der Waals surface area contributed by atoms with Crippen molar-refractivity contribution in [2.75, 3.05) is 24.9 Å². The Morgan fingerprint density at radius 1 is 0.710 bits per heavy atom. The Morgan fingerprint density at radius 2 is 1.35 bits per heavy atom. The number of carbonyl (C=O) groups is 2. The second kappa shape index (κ2) is 10.2. The fourth-order valence-corrected chi connectivity index (χ4v) is 2.93. The van der Waals surface area contributed by atoms with Crippen molar-refractivity contribution < 1.29 is 19.1 Å². The smallest absolute Gasteiger partial charge is 0.257 e. The molecule has 0 spiro atoms. The number of amides is 2. The Labute approximate surface area is 185 Å². The van der Waals surface area contributed by atoms with E-state index in [0.717, 1.165) is 0 Å². The van der Waals surface area contributed by atoms with Gasteiger partial charge in [-0.05, 0) is 72.9 Å². The summed E-state index contributed by atoms with van der Waals surface area (Å²) in [4.78, 5) is 24.8. The molecular formula is C23H21N3O4S. The fourth-order valence-electron chi connectivity index (χ4n) is 2.72. The summed E-state index contributed by atoms with van der Waals surface area (Å²) in [6.07, 6.45) is 0. The molecule has 0 saturated carbocycles. The lowest BCUT2D eigenvalue weighted by molar-refractivity contribution is 0.0976. The van der Waals surface area contributed by atoms with Crippen molar-refractivity contribution >= 4 is 40.5 Å². The summed E-state index contributed by atoms with van der Waals surface area (Å²) < 4.78 is 10.2. The molecule has 0 aliphatic carbocycles. The van der Waals surface area contributed by atoms with Crippen LogP contribution in [0.4, 0.5) is 11.4 Å². The molecule has 3 aromatic rings. The number of thiocarbonyl (C=S) groups is 1. The normalized spacial score (nSPS) is 10.0. The van der Waals surface area contributed by atoms with Crippen LogP contribution in [0.3, 0.4) is 0 Å². The Hall–Kier alpha value is -3.91. The topological polar surface area (TPSA) is 88.7 Å². The second-order valence-corrected chi connectivity index (χ2v) is 6.81. The van der Waals surface area contributed by atoms with Crippen molar-refractivity contribution in [2.45, 2.75) is 0 Å². The minimum absolute atomic E-state index is 0.131. The van der Waals surface area contributed by atoms with Gasteiger partial charge in [-0.2, -0.15) is 0 Å². The summed E-state index contributed by atoms with van der Waals surface area (Å²) >= 11 is 5.23. The molecule has 0 heterocycles. The number of methoxy groups -OCH3 is 2. The van der Waals surface area contributed by atoms with Crippen molar-refractivity contribution in [1.29, 1.82) is 0 Å². The van der Waals surface area contributed by atoms with E-state index < -0.39 is 0 Å². The van der Waals surface area contributed by atoms with Crippen LogP contribution >= 0.6 is 12.2 Å². The van der Waals surface area contributed by atoms with Gasteiger partial charge in [0.25, 0.3) is 11.8 Å². The standard InChI is InChI=1S/C23H21N3O4S/c1-29-19-11-9-15(10-12-19)21(27)24-17-6-4-7-18(14-17)25-23(31)26-22(28)16-5-3-8-20(13-16)30-2/h3-14H,1-2H3,(H,24,27)(H2,25,26,28,31). The van der Waals surface area contributed by atoms with E-state index in [4.69, 9.17) is 21.7 Å². The van der Waals surface area contributed by atoms with Crippen LogP contribution < -0.4 is 25.4 Å². The molecule has 0 bridgehead atoms. The molecule has 3 aromatic carbocycles. The Bertz CT molecular complexity index is 1100. The van der Waals surface area contributed by atoms with Crippen LogP contribution in [0.1, 0.15) is 20.7 Å². The molecule has 3 rings (SSSR count). The highest BCUT2D eigenvalue weighted by atomic mass is 32.1. The predicted molar refractivity (Wildman–Crippen MR) is 124 cm³/mol. The third-order valence-electron chi connectivity index (χ3n) is 4.29. The SMILES string of the molecule is COc1ccc(C(=O)Nc2cccc(NC(=S)NC(=O)c3cccc(OC)c3)c2)cc1. The van der Waals surface area contributed by atoms with E-state index in [-0.39, 0.29) is 16.9 Å². The Kier molecular flexibility index (Phi) is 7.18. The molecule has 0 aliphatic rings. The summed E-state index contributed by atoms with van der Waals surface area (Å²) in [5.41, 5.74) is 2.11. The average molecular weight is 436 g/mol. The van der Waals surface area contributed by atoms with Gasteiger partial charge in [0.1, 0.15) is 11.5 Å². The van der Waals surface area contributed by atoms with Gasteiger partial charge in [-0.15, -0.1) is 0 Å². The summed E-state index contributed by atoms with van der Waals surface area (Å²) in [5.74, 6) is 0.633. The molecule has 3 N–H and O–H groups in total. The zero-order valence-electron chi connectivity index (χ0n) is 17.0. The molecule has 8 heteroatoms. The van der Waals surface area contributed by atoms with Crippen LogP contribution in [0.15, 0.2) is 72.8 Å². The number of nitrogens with one attached hydrogen (secondary N) is 3. The van der Waals surface area contributed by atoms with E-state index in [1.165, 1.54) is 7.11 Å². The maximum atomic E-state index is 12.4. The summed E-state index contributed by atoms with van der Waals surface area (Å²) in [6, 6.07) is 20.6. The molecule has 31 heavy (non-hydrogen) atoms. The molecule has 158 valence electrons. The first-order valence-corrected chi connectivity index (χ1v) is 9.71. The summed E-state index contributed by atoms with van der Waals surface area (Å²) in [6.45, 7) is 0. The quantitative estimate of drug-likeness (QED) is 0.506. The zero-order valence-corrected chi connectivity index (χ0v) is 17.8. The zero-order chi connectivity index (χ0) is 22.2. The first kappa shape index (κ1) is 21.8. The van der Waals surface area contributed by atoms with Crippen LogP contribution in [0.5, 0.6) is 11.5 Å². The second-order valence-electron chi connectivity index (χ2n) is 6.40. The van der Waals surface area contributed by atoms with Gasteiger partial charge in [0.2, 0.25) is 0 Å². The van der Waals surface area contributed by atoms with Gasteiger partial charge in [0.15, 0.2) is 5.11 Å². The number of hydrogen-bond acceptors (Lipinski definition) is 5. The van der Waals surface area contributed by atoms with Crippen LogP contribution in [-0.4, -0.2) is 31.1 Å². The fraction of sp³-hybridized carbons (Fsp3) is 0.0870. The van der Waals surface area contributed by atoms with Crippen LogP contribution in [0.25, 0.3) is 0 Å². The molecule has 0 radical (unpaired) electrons. The highest BCUT2D eigenvalue weighted by Crippen LogP contribution is 2.18. The third kappa shape index (κ3) is 6.03. The van der Waals surface area contributed by atoms with Crippen LogP contribution in [0.2, 0.25) is 0 Å². The lowest BCUT2D eigenvalue weighted by atomic mass is 10.2. The molecule has 7 nitrogen and oxygen atoms in total. The van der Waals surface area contributed by atoms with Gasteiger partial charge in [-0.25, -0.2) is 0 Å². The van der Waals surface area contributed by atoms with Crippen molar-refractivity contribution in [3.05, 3.63) is 83.9 Å². The van der Waals surface area contributed by atoms with Crippen molar-refractivity contribution in [3.63, 3.8) is 0 Å². The van der Waals surface area contributed by atoms with E-state index in [1.54, 1.807) is 79.9 Å². The number of anilines is 2. The van der Waals surface area contributed by atoms with Gasteiger partial charge in [-0.3, -0.25) is 14.9 Å². The molecule has 0 unspecified atom stereocenters. The van der Waals surface area contributed by atoms with Crippen molar-refractivity contribution in [3.8, 4) is 11.5 Å². The molecule has 0 aromatic heterocycles. The Balaban J connectivity index is 1.60. The molecule has 0 aliphatic heterocycles.